The van der Waals surface area contributed by atoms with E-state index in [-0.39, 0.29) is 19.3 Å². The van der Waals surface area contributed by atoms with Gasteiger partial charge >= 0.3 is 39.5 Å². The first kappa shape index (κ1) is 43.1. The molecule has 0 rings (SSSR count). The largest absolute Gasteiger partial charge is 0.472 e. The van der Waals surface area contributed by atoms with Crippen molar-refractivity contribution >= 4 is 39.5 Å². The number of ether oxygens (including phenoxy) is 4. The Kier molecular flexibility index (Phi) is 23.2. The highest BCUT2D eigenvalue weighted by atomic mass is 31.2. The molecule has 3 N–H and O–H groups in total. The lowest BCUT2D eigenvalue weighted by Gasteiger charge is -2.21. The molecular weight excluding hydrogens is 646 g/mol. The van der Waals surface area contributed by atoms with Gasteiger partial charge in [0.1, 0.15) is 19.3 Å². The fourth-order valence-electron chi connectivity index (χ4n) is 3.07. The van der Waals surface area contributed by atoms with E-state index in [4.69, 9.17) is 28.0 Å². The fraction of sp³-hybridized carbons (Fsp3) is 0.846. The smallest absolute Gasteiger partial charge is 0.462 e. The van der Waals surface area contributed by atoms with Gasteiger partial charge in [-0.25, -0.2) is 9.13 Å². The summed E-state index contributed by atoms with van der Waals surface area (Å²) >= 11 is 0. The van der Waals surface area contributed by atoms with Crippen molar-refractivity contribution in [3.63, 3.8) is 0 Å². The molecule has 0 bridgehead atoms. The number of rotatable bonds is 27. The molecule has 0 saturated carbocycles. The van der Waals surface area contributed by atoms with E-state index in [1.54, 1.807) is 6.92 Å². The molecule has 0 aromatic carbocycles. The summed E-state index contributed by atoms with van der Waals surface area (Å²) in [6.07, 6.45) is 0.183. The lowest BCUT2D eigenvalue weighted by Crippen LogP contribution is -2.30. The van der Waals surface area contributed by atoms with Crippen LogP contribution in [0.4, 0.5) is 0 Å². The monoisotopic (exact) mass is 694 g/mol. The lowest BCUT2D eigenvalue weighted by atomic mass is 10.2. The van der Waals surface area contributed by atoms with E-state index >= 15 is 0 Å². The molecule has 0 aliphatic carbocycles. The van der Waals surface area contributed by atoms with E-state index in [1.165, 1.54) is 0 Å². The molecule has 0 saturated heterocycles. The lowest BCUT2D eigenvalue weighted by molar-refractivity contribution is -0.161. The molecule has 45 heavy (non-hydrogen) atoms. The molecule has 19 heteroatoms. The minimum absolute atomic E-state index is 0.0474. The number of aliphatic hydroxyl groups is 1. The van der Waals surface area contributed by atoms with Crippen LogP contribution in [0, 0.1) is 0 Å². The maximum absolute atomic E-state index is 12.3. The van der Waals surface area contributed by atoms with Crippen molar-refractivity contribution in [2.24, 2.45) is 0 Å². The number of phosphoric ester groups is 2. The highest BCUT2D eigenvalue weighted by molar-refractivity contribution is 7.47. The molecule has 2 unspecified atom stereocenters. The third kappa shape index (κ3) is 24.9. The van der Waals surface area contributed by atoms with Crippen LogP contribution in [0.25, 0.3) is 0 Å². The zero-order valence-electron chi connectivity index (χ0n) is 26.3. The Labute approximate surface area is 263 Å². The summed E-state index contributed by atoms with van der Waals surface area (Å²) in [5.41, 5.74) is 0. The minimum Gasteiger partial charge on any atom is -0.462 e. The second-order valence-electron chi connectivity index (χ2n) is 9.79. The zero-order chi connectivity index (χ0) is 34.3. The third-order valence-corrected chi connectivity index (χ3v) is 7.28. The van der Waals surface area contributed by atoms with Crippen molar-refractivity contribution in [1.29, 1.82) is 0 Å². The number of phosphoric acid groups is 2. The number of unbranched alkanes of at least 4 members (excludes halogenated alkanes) is 3. The molecule has 0 aliphatic heterocycles. The summed E-state index contributed by atoms with van der Waals surface area (Å²) in [5.74, 6) is -2.50. The number of hydrogen-bond donors (Lipinski definition) is 3. The summed E-state index contributed by atoms with van der Waals surface area (Å²) < 4.78 is 63.5. The predicted octanol–water partition coefficient (Wildman–Crippen LogP) is 3.12. The molecule has 5 atom stereocenters. The number of hydrogen-bond acceptors (Lipinski definition) is 15. The second-order valence-corrected chi connectivity index (χ2v) is 12.7. The van der Waals surface area contributed by atoms with Crippen LogP contribution >= 0.6 is 15.6 Å². The summed E-state index contributed by atoms with van der Waals surface area (Å²) in [6.45, 7) is 2.63. The summed E-state index contributed by atoms with van der Waals surface area (Å²) in [7, 11) is -9.70. The van der Waals surface area contributed by atoms with Gasteiger partial charge in [-0.05, 0) is 19.3 Å². The Bertz CT molecular complexity index is 975. The quantitative estimate of drug-likeness (QED) is 0.0484. The Morgan fingerprint density at radius 2 is 1.02 bits per heavy atom. The van der Waals surface area contributed by atoms with Gasteiger partial charge in [0.25, 0.3) is 0 Å². The van der Waals surface area contributed by atoms with E-state index in [2.05, 4.69) is 9.05 Å². The molecule has 0 heterocycles. The van der Waals surface area contributed by atoms with Crippen molar-refractivity contribution < 1.29 is 80.2 Å². The van der Waals surface area contributed by atoms with Crippen molar-refractivity contribution in [2.75, 3.05) is 39.6 Å². The predicted molar refractivity (Wildman–Crippen MR) is 155 cm³/mol. The normalized spacial score (nSPS) is 16.0. The van der Waals surface area contributed by atoms with Gasteiger partial charge in [-0.1, -0.05) is 40.0 Å². The van der Waals surface area contributed by atoms with Crippen molar-refractivity contribution in [1.82, 2.24) is 0 Å². The van der Waals surface area contributed by atoms with E-state index in [9.17, 15) is 43.2 Å². The Morgan fingerprint density at radius 3 is 1.49 bits per heavy atom. The highest BCUT2D eigenvalue weighted by Crippen LogP contribution is 2.45. The molecule has 0 radical (unpaired) electrons. The number of esters is 4. The van der Waals surface area contributed by atoms with Crippen LogP contribution in [0.1, 0.15) is 85.5 Å². The maximum Gasteiger partial charge on any atom is 0.472 e. The van der Waals surface area contributed by atoms with E-state index < -0.39 is 97.5 Å². The van der Waals surface area contributed by atoms with Crippen molar-refractivity contribution in [2.45, 2.75) is 104 Å². The first-order chi connectivity index (χ1) is 21.1. The third-order valence-electron chi connectivity index (χ3n) is 5.38. The van der Waals surface area contributed by atoms with E-state index in [0.717, 1.165) is 26.2 Å². The van der Waals surface area contributed by atoms with Gasteiger partial charge in [-0.15, -0.1) is 0 Å². The van der Waals surface area contributed by atoms with Crippen LogP contribution in [-0.2, 0) is 65.4 Å². The first-order valence-electron chi connectivity index (χ1n) is 14.7. The number of carbonyl (C=O) groups excluding carboxylic acids is 4. The molecule has 264 valence electrons. The minimum atomic E-state index is -4.86. The van der Waals surface area contributed by atoms with Gasteiger partial charge < -0.3 is 33.8 Å². The Morgan fingerprint density at radius 1 is 0.578 bits per heavy atom. The standard InChI is InChI=1S/C26H48O17P2/c1-5-8-10-13-24(29)37-17-23(43-26(31)12-9-6-2)19-41-45(34,35)39-15-21(28)14-38-44(32,33)40-18-22(16-36-20(4)27)42-25(30)11-7-3/h21-23,28H,5-19H2,1-4H3,(H,32,33)(H,34,35)/t21-,22+,23+/m0/s1. The highest BCUT2D eigenvalue weighted by Gasteiger charge is 2.30. The summed E-state index contributed by atoms with van der Waals surface area (Å²) in [5, 5.41) is 10.0. The van der Waals surface area contributed by atoms with Gasteiger partial charge in [0.05, 0.1) is 26.4 Å². The van der Waals surface area contributed by atoms with Gasteiger partial charge in [-0.2, -0.15) is 0 Å². The molecule has 17 nitrogen and oxygen atoms in total. The average Bonchev–Trinajstić information content (AvgIpc) is 2.97. The Balaban J connectivity index is 4.85. The van der Waals surface area contributed by atoms with Crippen LogP contribution in [-0.4, -0.2) is 96.7 Å². The van der Waals surface area contributed by atoms with Crippen LogP contribution < -0.4 is 0 Å². The van der Waals surface area contributed by atoms with Gasteiger partial charge in [0, 0.05) is 26.2 Å². The number of carbonyl (C=O) groups is 4. The second kappa shape index (κ2) is 24.3. The zero-order valence-corrected chi connectivity index (χ0v) is 28.1. The summed E-state index contributed by atoms with van der Waals surface area (Å²) in [4.78, 5) is 66.6. The molecule has 0 spiro atoms. The molecular formula is C26H48O17P2. The SMILES string of the molecule is CCCCCC(=O)OC[C@H](COP(=O)(O)OC[C@@H](O)COP(=O)(O)OC[C@@H](COC(C)=O)OC(=O)CCC)OC(=O)CCCC. The summed E-state index contributed by atoms with van der Waals surface area (Å²) in [6, 6.07) is 0. The van der Waals surface area contributed by atoms with Crippen molar-refractivity contribution in [3.8, 4) is 0 Å². The average molecular weight is 695 g/mol. The van der Waals surface area contributed by atoms with Gasteiger partial charge in [-0.3, -0.25) is 37.3 Å². The van der Waals surface area contributed by atoms with E-state index in [1.807, 2.05) is 13.8 Å². The molecule has 0 amide bonds. The fourth-order valence-corrected chi connectivity index (χ4v) is 4.65. The van der Waals surface area contributed by atoms with E-state index in [0.29, 0.717) is 19.3 Å². The van der Waals surface area contributed by atoms with Crippen molar-refractivity contribution in [3.05, 3.63) is 0 Å². The molecule has 0 aromatic heterocycles. The maximum atomic E-state index is 12.3. The van der Waals surface area contributed by atoms with Crippen LogP contribution in [0.15, 0.2) is 0 Å². The topological polar surface area (TPSA) is 237 Å². The number of aliphatic hydroxyl groups excluding tert-OH is 1. The van der Waals surface area contributed by atoms with Crippen LogP contribution in [0.3, 0.4) is 0 Å². The first-order valence-corrected chi connectivity index (χ1v) is 17.7. The van der Waals surface area contributed by atoms with Gasteiger partial charge in [0.15, 0.2) is 12.2 Å². The molecule has 0 aromatic rings. The van der Waals surface area contributed by atoms with Gasteiger partial charge in [0.2, 0.25) is 0 Å². The Hall–Kier alpha value is -1.94. The van der Waals surface area contributed by atoms with Crippen LogP contribution in [0.5, 0.6) is 0 Å². The van der Waals surface area contributed by atoms with Crippen LogP contribution in [0.2, 0.25) is 0 Å². The molecule has 0 aliphatic rings. The molecule has 0 fully saturated rings.